The Morgan fingerprint density at radius 2 is 1.38 bits per heavy atom. The van der Waals surface area contributed by atoms with Crippen LogP contribution in [0.25, 0.3) is 0 Å². The number of aliphatic hydroxyl groups is 6. The Labute approximate surface area is 227 Å². The van der Waals surface area contributed by atoms with Gasteiger partial charge in [-0.25, -0.2) is 0 Å². The van der Waals surface area contributed by atoms with Crippen molar-refractivity contribution in [3.05, 3.63) is 47.5 Å². The Hall–Kier alpha value is -3.05. The molecule has 0 spiro atoms. The molecule has 0 unspecified atom stereocenters. The maximum absolute atomic E-state index is 13.1. The second-order valence-electron chi connectivity index (χ2n) is 9.56. The first-order valence-electron chi connectivity index (χ1n) is 12.5. The maximum atomic E-state index is 13.1. The van der Waals surface area contributed by atoms with E-state index in [1.807, 2.05) is 0 Å². The smallest absolute Gasteiger partial charge is 0.229 e. The van der Waals surface area contributed by atoms with Gasteiger partial charge in [0, 0.05) is 18.6 Å². The fraction of sp³-hybridized carbons (Fsp3) is 0.500. The number of ketones is 1. The average Bonchev–Trinajstić information content (AvgIpc) is 3.19. The molecule has 0 radical (unpaired) electrons. The molecule has 0 saturated carbocycles. The summed E-state index contributed by atoms with van der Waals surface area (Å²) in [6.45, 7) is -1.42. The number of hydrogen-bond donors (Lipinski definition) is 9. The molecule has 2 aromatic carbocycles. The number of phenols is 3. The lowest BCUT2D eigenvalue weighted by Gasteiger charge is -2.42. The van der Waals surface area contributed by atoms with Crippen molar-refractivity contribution in [3.8, 4) is 23.0 Å². The highest BCUT2D eigenvalue weighted by atomic mass is 16.8. The van der Waals surface area contributed by atoms with Crippen LogP contribution in [0.3, 0.4) is 0 Å². The molecule has 0 aromatic heterocycles. The van der Waals surface area contributed by atoms with E-state index in [2.05, 4.69) is 0 Å². The molecule has 2 aromatic rings. The first-order chi connectivity index (χ1) is 19.0. The Balaban J connectivity index is 1.60. The molecule has 14 nitrogen and oxygen atoms in total. The van der Waals surface area contributed by atoms with Crippen LogP contribution in [-0.2, 0) is 20.6 Å². The predicted octanol–water partition coefficient (Wildman–Crippen LogP) is -1.74. The summed E-state index contributed by atoms with van der Waals surface area (Å²) in [6, 6.07) is 8.08. The molecular weight excluding hydrogens is 536 g/mol. The summed E-state index contributed by atoms with van der Waals surface area (Å²) in [5.74, 6) is -2.04. The molecule has 0 amide bonds. The zero-order chi connectivity index (χ0) is 29.1. The van der Waals surface area contributed by atoms with Gasteiger partial charge in [-0.15, -0.1) is 0 Å². The van der Waals surface area contributed by atoms with E-state index in [0.29, 0.717) is 0 Å². The lowest BCUT2D eigenvalue weighted by molar-refractivity contribution is -0.320. The fourth-order valence-electron chi connectivity index (χ4n) is 4.56. The molecule has 9 N–H and O–H groups in total. The van der Waals surface area contributed by atoms with E-state index in [1.165, 1.54) is 12.1 Å². The monoisotopic (exact) mass is 568 g/mol. The standard InChI is InChI=1S/C26H32O14/c27-9-17-20(33)22(35)24(40-25-23(36)21(34)18(10-28)38-25)26(39-17)37-16-8-13(30)7-15(32)19(16)14(31)6-3-11-1-4-12(29)5-2-11/h1-2,4-5,7-8,17-18,20-30,32-36H,3,6,9-10H2/t17-,18-,20+,21+,22+,23-,24-,25+,26-/m1/s1. The predicted molar refractivity (Wildman–Crippen MR) is 132 cm³/mol. The molecule has 2 aliphatic heterocycles. The van der Waals surface area contributed by atoms with E-state index < -0.39 is 85.8 Å². The van der Waals surface area contributed by atoms with Crippen molar-refractivity contribution in [1.29, 1.82) is 0 Å². The van der Waals surface area contributed by atoms with Crippen molar-refractivity contribution >= 4 is 5.78 Å². The van der Waals surface area contributed by atoms with Crippen LogP contribution in [0.1, 0.15) is 22.3 Å². The van der Waals surface area contributed by atoms with Crippen LogP contribution in [0.2, 0.25) is 0 Å². The number of Topliss-reactive ketones (excluding diaryl/α,β-unsaturated/α-hetero) is 1. The van der Waals surface area contributed by atoms with Crippen molar-refractivity contribution in [2.45, 2.75) is 68.1 Å². The summed E-state index contributed by atoms with van der Waals surface area (Å²) in [7, 11) is 0. The number of aromatic hydroxyl groups is 3. The van der Waals surface area contributed by atoms with E-state index in [4.69, 9.17) is 18.9 Å². The highest BCUT2D eigenvalue weighted by Gasteiger charge is 2.51. The average molecular weight is 569 g/mol. The zero-order valence-corrected chi connectivity index (χ0v) is 21.1. The second kappa shape index (κ2) is 12.6. The van der Waals surface area contributed by atoms with Gasteiger partial charge in [0.05, 0.1) is 13.2 Å². The lowest BCUT2D eigenvalue weighted by atomic mass is 9.98. The third kappa shape index (κ3) is 6.30. The molecule has 14 heteroatoms. The largest absolute Gasteiger partial charge is 0.508 e. The van der Waals surface area contributed by atoms with Crippen molar-refractivity contribution in [3.63, 3.8) is 0 Å². The van der Waals surface area contributed by atoms with Crippen LogP contribution < -0.4 is 4.74 Å². The minimum Gasteiger partial charge on any atom is -0.508 e. The van der Waals surface area contributed by atoms with E-state index >= 15 is 0 Å². The Kier molecular flexibility index (Phi) is 9.45. The van der Waals surface area contributed by atoms with Crippen molar-refractivity contribution < 1.29 is 69.7 Å². The fourth-order valence-corrected chi connectivity index (χ4v) is 4.56. The third-order valence-corrected chi connectivity index (χ3v) is 6.78. The van der Waals surface area contributed by atoms with Gasteiger partial charge in [0.2, 0.25) is 6.29 Å². The van der Waals surface area contributed by atoms with E-state index in [-0.39, 0.29) is 29.9 Å². The normalized spacial score (nSPS) is 32.2. The van der Waals surface area contributed by atoms with Crippen LogP contribution in [0.4, 0.5) is 0 Å². The summed E-state index contributed by atoms with van der Waals surface area (Å²) >= 11 is 0. The number of carbonyl (C=O) groups excluding carboxylic acids is 1. The van der Waals surface area contributed by atoms with Crippen molar-refractivity contribution in [2.24, 2.45) is 0 Å². The van der Waals surface area contributed by atoms with Crippen LogP contribution in [0.5, 0.6) is 23.0 Å². The van der Waals surface area contributed by atoms with E-state index in [9.17, 15) is 50.8 Å². The van der Waals surface area contributed by atoms with Gasteiger partial charge < -0.3 is 64.9 Å². The zero-order valence-electron chi connectivity index (χ0n) is 21.1. The number of carbonyl (C=O) groups is 1. The number of ether oxygens (including phenoxy) is 4. The summed E-state index contributed by atoms with van der Waals surface area (Å²) in [6.07, 6.45) is -14.2. The van der Waals surface area contributed by atoms with Crippen molar-refractivity contribution in [1.82, 2.24) is 0 Å². The minimum atomic E-state index is -1.81. The highest BCUT2D eigenvalue weighted by Crippen LogP contribution is 2.37. The first kappa shape index (κ1) is 29.9. The summed E-state index contributed by atoms with van der Waals surface area (Å²) in [4.78, 5) is 13.1. The number of benzene rings is 2. The van der Waals surface area contributed by atoms with Crippen LogP contribution in [0, 0.1) is 0 Å². The molecule has 2 aliphatic rings. The van der Waals surface area contributed by atoms with Crippen LogP contribution >= 0.6 is 0 Å². The molecule has 2 heterocycles. The number of phenolic OH excluding ortho intramolecular Hbond substituents is 3. The van der Waals surface area contributed by atoms with Crippen molar-refractivity contribution in [2.75, 3.05) is 13.2 Å². The third-order valence-electron chi connectivity index (χ3n) is 6.78. The maximum Gasteiger partial charge on any atom is 0.229 e. The molecule has 0 bridgehead atoms. The molecule has 40 heavy (non-hydrogen) atoms. The van der Waals surface area contributed by atoms with Gasteiger partial charge in [-0.3, -0.25) is 4.79 Å². The van der Waals surface area contributed by atoms with Crippen LogP contribution in [0.15, 0.2) is 36.4 Å². The highest BCUT2D eigenvalue weighted by molar-refractivity contribution is 6.01. The summed E-state index contributed by atoms with van der Waals surface area (Å²) in [5.41, 5.74) is 0.380. The van der Waals surface area contributed by atoms with E-state index in [0.717, 1.165) is 17.7 Å². The molecule has 4 rings (SSSR count). The first-order valence-corrected chi connectivity index (χ1v) is 12.5. The molecule has 9 atom stereocenters. The van der Waals surface area contributed by atoms with Crippen LogP contribution in [-0.4, -0.2) is 120 Å². The van der Waals surface area contributed by atoms with Gasteiger partial charge in [-0.1, -0.05) is 12.1 Å². The Bertz CT molecular complexity index is 1160. The molecule has 220 valence electrons. The molecule has 2 saturated heterocycles. The summed E-state index contributed by atoms with van der Waals surface area (Å²) < 4.78 is 22.2. The topological polar surface area (TPSA) is 236 Å². The number of aryl methyl sites for hydroxylation is 1. The number of rotatable bonds is 10. The lowest BCUT2D eigenvalue weighted by Crippen LogP contribution is -2.62. The van der Waals surface area contributed by atoms with Gasteiger partial charge >= 0.3 is 0 Å². The summed E-state index contributed by atoms with van der Waals surface area (Å²) in [5, 5.41) is 90.5. The Morgan fingerprint density at radius 1 is 0.775 bits per heavy atom. The SMILES string of the molecule is O=C(CCc1ccc(O)cc1)c1c(O)cc(O)cc1O[C@@H]1O[C@H](CO)[C@H](O)[C@H](O)[C@H]1O[C@@H]1O[C@H](CO)[C@H](O)[C@H]1O. The molecule has 2 fully saturated rings. The molecular formula is C26H32O14. The quantitative estimate of drug-likeness (QED) is 0.145. The molecule has 0 aliphatic carbocycles. The second-order valence-corrected chi connectivity index (χ2v) is 9.56. The van der Waals surface area contributed by atoms with Gasteiger partial charge in [-0.2, -0.15) is 0 Å². The Morgan fingerprint density at radius 3 is 2.00 bits per heavy atom. The van der Waals surface area contributed by atoms with Gasteiger partial charge in [-0.05, 0) is 24.1 Å². The van der Waals surface area contributed by atoms with E-state index in [1.54, 1.807) is 12.1 Å². The number of aliphatic hydroxyl groups excluding tert-OH is 6. The van der Waals surface area contributed by atoms with Gasteiger partial charge in [0.25, 0.3) is 0 Å². The van der Waals surface area contributed by atoms with Gasteiger partial charge in [0.1, 0.15) is 65.2 Å². The number of hydrogen-bond acceptors (Lipinski definition) is 14. The minimum absolute atomic E-state index is 0.0524. The van der Waals surface area contributed by atoms with Gasteiger partial charge in [0.15, 0.2) is 18.2 Å².